The summed E-state index contributed by atoms with van der Waals surface area (Å²) in [6.45, 7) is 3.77. The standard InChI is InChI=1S/C26H32ClFN4O6/c1-26(2)11-13(22(33)32-26)8-18(25(36)38-4)31-23(34)16(7-12-5-6-12)30-24(35)17-9-14-19(37-3)10-15(27)20(28)21(14)29-17/h9-10,12-13,16,18,29H,5-8,11H2,1-4H3,(H,30,35)(H,31,34)(H,32,33)/t13-,16?,18?/m1/s1. The molecule has 2 aromatic rings. The topological polar surface area (TPSA) is 139 Å². The molecule has 3 amide bonds. The second-order valence-electron chi connectivity index (χ2n) is 10.6. The number of hydrogen-bond donors (Lipinski definition) is 4. The highest BCUT2D eigenvalue weighted by atomic mass is 35.5. The van der Waals surface area contributed by atoms with Gasteiger partial charge in [0.2, 0.25) is 11.8 Å². The molecule has 0 radical (unpaired) electrons. The largest absolute Gasteiger partial charge is 0.496 e. The Labute approximate surface area is 224 Å². The maximum Gasteiger partial charge on any atom is 0.328 e. The molecule has 1 saturated heterocycles. The van der Waals surface area contributed by atoms with Crippen LogP contribution in [0.4, 0.5) is 4.39 Å². The van der Waals surface area contributed by atoms with Crippen molar-refractivity contribution in [2.45, 2.75) is 63.6 Å². The van der Waals surface area contributed by atoms with Gasteiger partial charge in [0.25, 0.3) is 5.91 Å². The highest BCUT2D eigenvalue weighted by Crippen LogP contribution is 2.35. The molecule has 4 rings (SSSR count). The number of halogens is 2. The van der Waals surface area contributed by atoms with Crippen molar-refractivity contribution in [3.05, 3.63) is 28.7 Å². The predicted octanol–water partition coefficient (Wildman–Crippen LogP) is 2.83. The molecule has 10 nitrogen and oxygen atoms in total. The van der Waals surface area contributed by atoms with Crippen molar-refractivity contribution in [2.75, 3.05) is 14.2 Å². The number of ether oxygens (including phenoxy) is 2. The van der Waals surface area contributed by atoms with Crippen molar-refractivity contribution >= 4 is 46.2 Å². The van der Waals surface area contributed by atoms with Crippen molar-refractivity contribution in [1.29, 1.82) is 0 Å². The van der Waals surface area contributed by atoms with Gasteiger partial charge >= 0.3 is 5.97 Å². The van der Waals surface area contributed by atoms with E-state index in [4.69, 9.17) is 21.1 Å². The number of carbonyl (C=O) groups is 4. The van der Waals surface area contributed by atoms with Crippen LogP contribution in [0.15, 0.2) is 12.1 Å². The lowest BCUT2D eigenvalue weighted by molar-refractivity contribution is -0.146. The molecule has 206 valence electrons. The predicted molar refractivity (Wildman–Crippen MR) is 137 cm³/mol. The van der Waals surface area contributed by atoms with E-state index >= 15 is 0 Å². The molecule has 1 saturated carbocycles. The van der Waals surface area contributed by atoms with E-state index in [0.717, 1.165) is 12.8 Å². The monoisotopic (exact) mass is 550 g/mol. The summed E-state index contributed by atoms with van der Waals surface area (Å²) in [4.78, 5) is 54.1. The molecule has 0 bridgehead atoms. The van der Waals surface area contributed by atoms with Crippen molar-refractivity contribution in [3.63, 3.8) is 0 Å². The van der Waals surface area contributed by atoms with E-state index in [1.807, 2.05) is 13.8 Å². The Hall–Kier alpha value is -3.34. The molecule has 2 fully saturated rings. The molecule has 38 heavy (non-hydrogen) atoms. The highest BCUT2D eigenvalue weighted by molar-refractivity contribution is 6.31. The fourth-order valence-electron chi connectivity index (χ4n) is 4.94. The number of fused-ring (bicyclic) bond motifs is 1. The fraction of sp³-hybridized carbons (Fsp3) is 0.538. The molecular weight excluding hydrogens is 519 g/mol. The lowest BCUT2D eigenvalue weighted by Crippen LogP contribution is -2.52. The van der Waals surface area contributed by atoms with Gasteiger partial charge in [0.15, 0.2) is 5.82 Å². The van der Waals surface area contributed by atoms with E-state index in [0.29, 0.717) is 18.2 Å². The van der Waals surface area contributed by atoms with Crippen LogP contribution < -0.4 is 20.7 Å². The zero-order valence-corrected chi connectivity index (χ0v) is 22.5. The minimum atomic E-state index is -1.07. The van der Waals surface area contributed by atoms with Crippen LogP contribution in [0.3, 0.4) is 0 Å². The number of esters is 1. The highest BCUT2D eigenvalue weighted by Gasteiger charge is 2.41. The van der Waals surface area contributed by atoms with Gasteiger partial charge in [-0.25, -0.2) is 9.18 Å². The lowest BCUT2D eigenvalue weighted by atomic mass is 9.91. The van der Waals surface area contributed by atoms with Crippen LogP contribution in [0.5, 0.6) is 5.75 Å². The van der Waals surface area contributed by atoms with Gasteiger partial charge in [-0.1, -0.05) is 24.4 Å². The Balaban J connectivity index is 1.51. The van der Waals surface area contributed by atoms with Crippen molar-refractivity contribution in [3.8, 4) is 5.75 Å². The molecule has 4 N–H and O–H groups in total. The Bertz CT molecular complexity index is 1270. The van der Waals surface area contributed by atoms with Gasteiger partial charge < -0.3 is 30.4 Å². The second-order valence-corrected chi connectivity index (χ2v) is 11.1. The van der Waals surface area contributed by atoms with Gasteiger partial charge in [-0.3, -0.25) is 14.4 Å². The zero-order valence-electron chi connectivity index (χ0n) is 21.7. The molecular formula is C26H32ClFN4O6. The number of hydrogen-bond acceptors (Lipinski definition) is 6. The average Bonchev–Trinajstić information content (AvgIpc) is 3.49. The average molecular weight is 551 g/mol. The number of amides is 3. The van der Waals surface area contributed by atoms with Crippen molar-refractivity contribution in [2.24, 2.45) is 11.8 Å². The number of aromatic nitrogens is 1. The summed E-state index contributed by atoms with van der Waals surface area (Å²) < 4.78 is 24.7. The minimum Gasteiger partial charge on any atom is -0.496 e. The third-order valence-corrected chi connectivity index (χ3v) is 7.31. The van der Waals surface area contributed by atoms with E-state index in [1.54, 1.807) is 0 Å². The summed E-state index contributed by atoms with van der Waals surface area (Å²) in [6, 6.07) is 0.714. The molecule has 3 atom stereocenters. The zero-order chi connectivity index (χ0) is 27.8. The van der Waals surface area contributed by atoms with Crippen molar-refractivity contribution < 1.29 is 33.0 Å². The summed E-state index contributed by atoms with van der Waals surface area (Å²) in [5.74, 6) is -2.74. The maximum absolute atomic E-state index is 14.6. The molecule has 2 heterocycles. The summed E-state index contributed by atoms with van der Waals surface area (Å²) in [5.41, 5.74) is -0.394. The first-order chi connectivity index (χ1) is 17.9. The Morgan fingerprint density at radius 2 is 1.87 bits per heavy atom. The first kappa shape index (κ1) is 27.7. The normalized spacial score (nSPS) is 19.9. The quantitative estimate of drug-likeness (QED) is 0.336. The number of rotatable bonds is 10. The minimum absolute atomic E-state index is 0.00575. The van der Waals surface area contributed by atoms with Crippen LogP contribution >= 0.6 is 11.6 Å². The van der Waals surface area contributed by atoms with Gasteiger partial charge in [0.05, 0.1) is 24.8 Å². The van der Waals surface area contributed by atoms with Gasteiger partial charge in [0, 0.05) is 22.9 Å². The number of methoxy groups -OCH3 is 2. The third-order valence-electron chi connectivity index (χ3n) is 7.03. The van der Waals surface area contributed by atoms with Crippen LogP contribution in [0, 0.1) is 17.7 Å². The number of nitrogens with one attached hydrogen (secondary N) is 4. The number of aromatic amines is 1. The van der Waals surface area contributed by atoms with E-state index in [9.17, 15) is 23.6 Å². The summed E-state index contributed by atoms with van der Waals surface area (Å²) >= 11 is 5.93. The van der Waals surface area contributed by atoms with Crippen LogP contribution in [0.2, 0.25) is 5.02 Å². The van der Waals surface area contributed by atoms with Gasteiger partial charge in [-0.2, -0.15) is 0 Å². The molecule has 2 unspecified atom stereocenters. The van der Waals surface area contributed by atoms with Gasteiger partial charge in [-0.15, -0.1) is 0 Å². The molecule has 1 aliphatic carbocycles. The molecule has 12 heteroatoms. The second kappa shape index (κ2) is 10.8. The van der Waals surface area contributed by atoms with Crippen molar-refractivity contribution in [1.82, 2.24) is 20.9 Å². The van der Waals surface area contributed by atoms with E-state index in [2.05, 4.69) is 20.9 Å². The summed E-state index contributed by atoms with van der Waals surface area (Å²) in [5, 5.41) is 8.42. The van der Waals surface area contributed by atoms with E-state index < -0.39 is 47.1 Å². The SMILES string of the molecule is COC(=O)C(C[C@@H]1CC(C)(C)NC1=O)NC(=O)C(CC1CC1)NC(=O)c1cc2c(OC)cc(Cl)c(F)c2[nH]1. The molecule has 0 spiro atoms. The van der Waals surface area contributed by atoms with E-state index in [-0.39, 0.29) is 40.2 Å². The van der Waals surface area contributed by atoms with Crippen LogP contribution in [-0.4, -0.2) is 60.5 Å². The van der Waals surface area contributed by atoms with Gasteiger partial charge in [-0.05, 0) is 45.1 Å². The molecule has 1 aromatic heterocycles. The van der Waals surface area contributed by atoms with Crippen LogP contribution in [-0.2, 0) is 19.1 Å². The van der Waals surface area contributed by atoms with Crippen LogP contribution in [0.25, 0.3) is 10.9 Å². The fourth-order valence-corrected chi connectivity index (χ4v) is 5.14. The smallest absolute Gasteiger partial charge is 0.328 e. The first-order valence-electron chi connectivity index (χ1n) is 12.5. The molecule has 2 aliphatic rings. The van der Waals surface area contributed by atoms with Gasteiger partial charge in [0.1, 0.15) is 23.5 Å². The maximum atomic E-state index is 14.6. The first-order valence-corrected chi connectivity index (χ1v) is 12.9. The van der Waals surface area contributed by atoms with E-state index in [1.165, 1.54) is 26.4 Å². The Kier molecular flexibility index (Phi) is 7.87. The molecule has 1 aromatic carbocycles. The Morgan fingerprint density at radius 3 is 2.45 bits per heavy atom. The lowest BCUT2D eigenvalue weighted by Gasteiger charge is -2.23. The number of benzene rings is 1. The molecule has 1 aliphatic heterocycles. The summed E-state index contributed by atoms with van der Waals surface area (Å²) in [7, 11) is 2.61. The number of H-pyrrole nitrogens is 1. The van der Waals surface area contributed by atoms with Crippen LogP contribution in [0.1, 0.15) is 56.4 Å². The summed E-state index contributed by atoms with van der Waals surface area (Å²) in [6.07, 6.45) is 2.78. The third kappa shape index (κ3) is 6.03. The Morgan fingerprint density at radius 1 is 1.16 bits per heavy atom. The number of carbonyl (C=O) groups excluding carboxylic acids is 4.